The van der Waals surface area contributed by atoms with Crippen LogP contribution in [0.3, 0.4) is 0 Å². The molecular weight excluding hydrogens is 468 g/mol. The van der Waals surface area contributed by atoms with Crippen LogP contribution in [0.15, 0.2) is 24.4 Å². The van der Waals surface area contributed by atoms with Crippen LogP contribution in [0.2, 0.25) is 5.02 Å². The number of hydrogen-bond acceptors (Lipinski definition) is 6. The Morgan fingerprint density at radius 2 is 2.00 bits per heavy atom. The summed E-state index contributed by atoms with van der Waals surface area (Å²) in [6.07, 6.45) is 3.13. The lowest BCUT2D eigenvalue weighted by molar-refractivity contribution is 0.0852. The number of imidazole rings is 1. The van der Waals surface area contributed by atoms with Crippen LogP contribution in [0.25, 0.3) is 0 Å². The van der Waals surface area contributed by atoms with Crippen LogP contribution < -0.4 is 4.90 Å². The Hall–Kier alpha value is -2.43. The minimum atomic E-state index is -2.67. The Kier molecular flexibility index (Phi) is 9.87. The minimum Gasteiger partial charge on any atom is -0.755 e. The predicted octanol–water partition coefficient (Wildman–Crippen LogP) is 4.30. The number of amides is 2. The van der Waals surface area contributed by atoms with Gasteiger partial charge in [0.25, 0.3) is 5.91 Å². The second-order valence-electron chi connectivity index (χ2n) is 7.90. The second kappa shape index (κ2) is 12.2. The Bertz CT molecular complexity index is 1010. The van der Waals surface area contributed by atoms with Gasteiger partial charge in [-0.1, -0.05) is 37.4 Å². The molecule has 1 unspecified atom stereocenters. The van der Waals surface area contributed by atoms with Crippen molar-refractivity contribution in [2.75, 3.05) is 18.5 Å². The van der Waals surface area contributed by atoms with Gasteiger partial charge in [0.15, 0.2) is 0 Å². The molecule has 0 saturated heterocycles. The van der Waals surface area contributed by atoms with E-state index in [9.17, 15) is 18.4 Å². The van der Waals surface area contributed by atoms with E-state index in [0.29, 0.717) is 29.5 Å². The fourth-order valence-electron chi connectivity index (χ4n) is 3.09. The maximum Gasteiger partial charge on any atom is 0.414 e. The van der Waals surface area contributed by atoms with Crippen LogP contribution in [-0.2, 0) is 22.5 Å². The SMILES string of the molecule is CCCCCN(C(=O)c1cn(Cc2ccc(N(C)C(=O)OC(C)C)cc2Cl)c(C)n1)S(=O)[O-]. The van der Waals surface area contributed by atoms with E-state index in [2.05, 4.69) is 4.98 Å². The molecule has 182 valence electrons. The molecule has 0 saturated carbocycles. The quantitative estimate of drug-likeness (QED) is 0.357. The number of unbranched alkanes of at least 4 members (excludes halogenated alkanes) is 2. The third-order valence-electron chi connectivity index (χ3n) is 4.94. The molecule has 1 aromatic carbocycles. The molecule has 33 heavy (non-hydrogen) atoms. The van der Waals surface area contributed by atoms with Gasteiger partial charge in [0.05, 0.1) is 23.9 Å². The summed E-state index contributed by atoms with van der Waals surface area (Å²) in [6.45, 7) is 7.71. The maximum atomic E-state index is 12.7. The molecular formula is C22H30ClN4O5S-. The van der Waals surface area contributed by atoms with Crippen LogP contribution in [0.1, 0.15) is 61.9 Å². The number of benzene rings is 1. The van der Waals surface area contributed by atoms with Crippen LogP contribution in [0.5, 0.6) is 0 Å². The Balaban J connectivity index is 2.18. The Labute approximate surface area is 202 Å². The van der Waals surface area contributed by atoms with Crippen molar-refractivity contribution in [2.24, 2.45) is 0 Å². The van der Waals surface area contributed by atoms with Crippen LogP contribution in [-0.4, -0.2) is 54.3 Å². The molecule has 0 aliphatic carbocycles. The number of nitrogens with zero attached hydrogens (tertiary/aromatic N) is 4. The molecule has 2 rings (SSSR count). The van der Waals surface area contributed by atoms with E-state index < -0.39 is 23.3 Å². The fourth-order valence-corrected chi connectivity index (χ4v) is 3.83. The summed E-state index contributed by atoms with van der Waals surface area (Å²) in [7, 11) is 1.60. The van der Waals surface area contributed by atoms with E-state index in [1.165, 1.54) is 11.1 Å². The van der Waals surface area contributed by atoms with Crippen molar-refractivity contribution < 1.29 is 23.1 Å². The van der Waals surface area contributed by atoms with Gasteiger partial charge < -0.3 is 13.9 Å². The molecule has 2 amide bonds. The molecule has 0 spiro atoms. The van der Waals surface area contributed by atoms with Gasteiger partial charge in [0.2, 0.25) is 0 Å². The molecule has 0 fully saturated rings. The summed E-state index contributed by atoms with van der Waals surface area (Å²) in [4.78, 5) is 30.4. The summed E-state index contributed by atoms with van der Waals surface area (Å²) >= 11 is 3.78. The van der Waals surface area contributed by atoms with Crippen molar-refractivity contribution in [3.63, 3.8) is 0 Å². The number of hydrogen-bond donors (Lipinski definition) is 0. The lowest BCUT2D eigenvalue weighted by atomic mass is 10.2. The van der Waals surface area contributed by atoms with Crippen molar-refractivity contribution in [3.05, 3.63) is 46.5 Å². The first-order chi connectivity index (χ1) is 15.5. The molecule has 0 aliphatic rings. The average molecular weight is 498 g/mol. The Morgan fingerprint density at radius 3 is 2.58 bits per heavy atom. The summed E-state index contributed by atoms with van der Waals surface area (Å²) in [5.74, 6) is -0.116. The first-order valence-electron chi connectivity index (χ1n) is 10.7. The van der Waals surface area contributed by atoms with Crippen LogP contribution >= 0.6 is 11.6 Å². The van der Waals surface area contributed by atoms with Crippen molar-refractivity contribution in [3.8, 4) is 0 Å². The highest BCUT2D eigenvalue weighted by atomic mass is 35.5. The van der Waals surface area contributed by atoms with Crippen molar-refractivity contribution >= 4 is 40.6 Å². The highest BCUT2D eigenvalue weighted by Crippen LogP contribution is 2.25. The van der Waals surface area contributed by atoms with E-state index in [-0.39, 0.29) is 18.3 Å². The lowest BCUT2D eigenvalue weighted by Gasteiger charge is -2.23. The van der Waals surface area contributed by atoms with E-state index in [1.807, 2.05) is 6.92 Å². The van der Waals surface area contributed by atoms with Gasteiger partial charge in [-0.15, -0.1) is 0 Å². The van der Waals surface area contributed by atoms with Gasteiger partial charge in [0.1, 0.15) is 11.5 Å². The van der Waals surface area contributed by atoms with Gasteiger partial charge in [-0.2, -0.15) is 0 Å². The number of rotatable bonds is 10. The molecule has 2 aromatic rings. The molecule has 9 nitrogen and oxygen atoms in total. The number of halogens is 1. The number of anilines is 1. The highest BCUT2D eigenvalue weighted by Gasteiger charge is 2.21. The average Bonchev–Trinajstić information content (AvgIpc) is 3.11. The smallest absolute Gasteiger partial charge is 0.414 e. The summed E-state index contributed by atoms with van der Waals surface area (Å²) < 4.78 is 30.8. The maximum absolute atomic E-state index is 12.7. The zero-order valence-corrected chi connectivity index (χ0v) is 21.1. The normalized spacial score (nSPS) is 12.0. The third-order valence-corrected chi connectivity index (χ3v) is 6.00. The van der Waals surface area contributed by atoms with E-state index in [0.717, 1.165) is 22.7 Å². The molecule has 1 atom stereocenters. The first-order valence-corrected chi connectivity index (χ1v) is 12.1. The number of ether oxygens (including phenoxy) is 1. The number of aromatic nitrogens is 2. The third kappa shape index (κ3) is 7.28. The predicted molar refractivity (Wildman–Crippen MR) is 127 cm³/mol. The number of carbonyl (C=O) groups is 2. The second-order valence-corrected chi connectivity index (χ2v) is 9.18. The zero-order valence-electron chi connectivity index (χ0n) is 19.5. The lowest BCUT2D eigenvalue weighted by Crippen LogP contribution is -2.33. The van der Waals surface area contributed by atoms with E-state index in [4.69, 9.17) is 16.3 Å². The van der Waals surface area contributed by atoms with Crippen LogP contribution in [0, 0.1) is 6.92 Å². The highest BCUT2D eigenvalue weighted by molar-refractivity contribution is 7.77. The molecule has 1 heterocycles. The van der Waals surface area contributed by atoms with E-state index >= 15 is 0 Å². The summed E-state index contributed by atoms with van der Waals surface area (Å²) in [5.41, 5.74) is 1.38. The number of aryl methyl sites for hydroxylation is 1. The summed E-state index contributed by atoms with van der Waals surface area (Å²) in [5, 5.41) is 0.430. The molecule has 11 heteroatoms. The van der Waals surface area contributed by atoms with Gasteiger partial charge in [-0.3, -0.25) is 18.2 Å². The van der Waals surface area contributed by atoms with Crippen molar-refractivity contribution in [2.45, 2.75) is 59.6 Å². The largest absolute Gasteiger partial charge is 0.755 e. The van der Waals surface area contributed by atoms with Gasteiger partial charge in [-0.25, -0.2) is 9.78 Å². The zero-order chi connectivity index (χ0) is 24.7. The monoisotopic (exact) mass is 497 g/mol. The topological polar surface area (TPSA) is 108 Å². The van der Waals surface area contributed by atoms with Gasteiger partial charge in [0, 0.05) is 30.5 Å². The standard InChI is InChI=1S/C22H31ClN4O5S/c1-6-7-8-11-27(33(30)31)21(28)20-14-26(16(4)24-20)13-17-9-10-18(12-19(17)23)25(5)22(29)32-15(2)3/h9-10,12,14-15H,6-8,11,13H2,1-5H3,(H,30,31)/p-1. The first kappa shape index (κ1) is 26.8. The van der Waals surface area contributed by atoms with Crippen LogP contribution in [0.4, 0.5) is 10.5 Å². The Morgan fingerprint density at radius 1 is 1.30 bits per heavy atom. The number of carbonyl (C=O) groups excluding carboxylic acids is 2. The molecule has 0 N–H and O–H groups in total. The molecule has 0 bridgehead atoms. The fraction of sp³-hybridized carbons (Fsp3) is 0.500. The van der Waals surface area contributed by atoms with Crippen molar-refractivity contribution in [1.29, 1.82) is 0 Å². The molecule has 1 aromatic heterocycles. The van der Waals surface area contributed by atoms with Gasteiger partial charge >= 0.3 is 6.09 Å². The minimum absolute atomic E-state index is 0.0529. The summed E-state index contributed by atoms with van der Waals surface area (Å²) in [6, 6.07) is 5.19. The van der Waals surface area contributed by atoms with Crippen molar-refractivity contribution in [1.82, 2.24) is 13.9 Å². The van der Waals surface area contributed by atoms with Gasteiger partial charge in [-0.05, 0) is 44.9 Å². The molecule has 0 radical (unpaired) electrons. The molecule has 0 aliphatic heterocycles. The van der Waals surface area contributed by atoms with E-state index in [1.54, 1.807) is 50.6 Å².